The van der Waals surface area contributed by atoms with Gasteiger partial charge in [-0.05, 0) is 61.6 Å². The number of hydrogen-bond acceptors (Lipinski definition) is 6. The molecule has 2 aromatic heterocycles. The van der Waals surface area contributed by atoms with Crippen LogP contribution in [-0.4, -0.2) is 36.2 Å². The zero-order chi connectivity index (χ0) is 24.7. The third-order valence-electron chi connectivity index (χ3n) is 6.09. The molecule has 1 fully saturated rings. The summed E-state index contributed by atoms with van der Waals surface area (Å²) in [6.07, 6.45) is 1.08. The first-order chi connectivity index (χ1) is 16.7. The Hall–Kier alpha value is -2.30. The minimum Gasteiger partial charge on any atom is -0.282 e. The lowest BCUT2D eigenvalue weighted by molar-refractivity contribution is -0.121. The summed E-state index contributed by atoms with van der Waals surface area (Å²) in [5.74, 6) is -0.258. The zero-order valence-corrected chi connectivity index (χ0v) is 22.5. The highest BCUT2D eigenvalue weighted by atomic mass is 35.5. The average Bonchev–Trinajstić information content (AvgIpc) is 3.57. The Morgan fingerprint density at radius 1 is 1.14 bits per heavy atom. The monoisotopic (exact) mass is 545 g/mol. The second kappa shape index (κ2) is 9.63. The average molecular weight is 546 g/mol. The molecule has 1 amide bonds. The van der Waals surface area contributed by atoms with E-state index in [1.54, 1.807) is 11.0 Å². The number of carbonyl (C=O) groups excluding carboxylic acids is 1. The van der Waals surface area contributed by atoms with Crippen molar-refractivity contribution in [3.05, 3.63) is 75.6 Å². The van der Waals surface area contributed by atoms with Gasteiger partial charge in [0.2, 0.25) is 5.91 Å². The highest BCUT2D eigenvalue weighted by molar-refractivity contribution is 7.91. The summed E-state index contributed by atoms with van der Waals surface area (Å²) in [6, 6.07) is 16.1. The van der Waals surface area contributed by atoms with Gasteiger partial charge in [0.05, 0.1) is 21.1 Å². The molecule has 2 aromatic carbocycles. The van der Waals surface area contributed by atoms with E-state index in [1.165, 1.54) is 21.7 Å². The molecule has 5 rings (SSSR count). The number of aryl methyl sites for hydroxylation is 2. The maximum Gasteiger partial charge on any atom is 0.253 e. The predicted octanol–water partition coefficient (Wildman–Crippen LogP) is 6.01. The molecule has 1 saturated heterocycles. The Kier molecular flexibility index (Phi) is 6.71. The van der Waals surface area contributed by atoms with Crippen molar-refractivity contribution in [3.63, 3.8) is 0 Å². The van der Waals surface area contributed by atoms with Crippen molar-refractivity contribution in [1.29, 1.82) is 0 Å². The molecule has 1 atom stereocenters. The van der Waals surface area contributed by atoms with Crippen molar-refractivity contribution in [2.45, 2.75) is 43.5 Å². The van der Waals surface area contributed by atoms with E-state index in [1.807, 2.05) is 50.2 Å². The van der Waals surface area contributed by atoms with E-state index in [0.717, 1.165) is 38.2 Å². The van der Waals surface area contributed by atoms with Gasteiger partial charge in [-0.25, -0.2) is 13.4 Å². The molecule has 0 saturated carbocycles. The number of halogens is 1. The third-order valence-corrected chi connectivity index (χ3v) is 10.9. The van der Waals surface area contributed by atoms with Crippen molar-refractivity contribution in [3.8, 4) is 0 Å². The van der Waals surface area contributed by atoms with Crippen LogP contribution < -0.4 is 4.90 Å². The first kappa shape index (κ1) is 24.4. The maximum atomic E-state index is 14.0. The normalized spacial score (nSPS) is 16.7. The lowest BCUT2D eigenvalue weighted by atomic mass is 10.1. The fourth-order valence-electron chi connectivity index (χ4n) is 4.49. The molecule has 0 N–H and O–H groups in total. The van der Waals surface area contributed by atoms with Crippen LogP contribution in [0.25, 0.3) is 10.2 Å². The van der Waals surface area contributed by atoms with Crippen molar-refractivity contribution in [1.82, 2.24) is 9.29 Å². The minimum atomic E-state index is -3.83. The summed E-state index contributed by atoms with van der Waals surface area (Å²) >= 11 is 8.48. The molecule has 1 aliphatic rings. The molecule has 6 nitrogen and oxygen atoms in total. The Bertz CT molecular complexity index is 1500. The standard InChI is InChI=1S/C25H24ClN3O3S3/c1-16-13-17(2)23-19(14-16)27-25(34-23)28(15-18-7-4-3-5-8-18)24(30)20-9-6-12-29(20)35(31,32)22-11-10-21(26)33-22/h3-5,7-8,10-11,13-14,20H,6,9,12,15H2,1-2H3. The van der Waals surface area contributed by atoms with E-state index in [9.17, 15) is 13.2 Å². The number of nitrogens with zero attached hydrogens (tertiary/aromatic N) is 3. The van der Waals surface area contributed by atoms with E-state index < -0.39 is 16.1 Å². The number of benzene rings is 2. The molecule has 182 valence electrons. The number of carbonyl (C=O) groups is 1. The molecule has 35 heavy (non-hydrogen) atoms. The number of sulfonamides is 1. The largest absolute Gasteiger partial charge is 0.282 e. The van der Waals surface area contributed by atoms with Crippen LogP contribution in [-0.2, 0) is 21.4 Å². The molecule has 4 aromatic rings. The first-order valence-electron chi connectivity index (χ1n) is 11.2. The number of thiazole rings is 1. The second-order valence-corrected chi connectivity index (χ2v) is 13.5. The van der Waals surface area contributed by atoms with Crippen LogP contribution in [0.2, 0.25) is 4.34 Å². The number of hydrogen-bond donors (Lipinski definition) is 0. The Morgan fingerprint density at radius 2 is 1.91 bits per heavy atom. The van der Waals surface area contributed by atoms with Crippen LogP contribution in [0.5, 0.6) is 0 Å². The van der Waals surface area contributed by atoms with Crippen LogP contribution in [0.1, 0.15) is 29.5 Å². The lowest BCUT2D eigenvalue weighted by Crippen LogP contribution is -2.47. The summed E-state index contributed by atoms with van der Waals surface area (Å²) in [7, 11) is -3.83. The SMILES string of the molecule is Cc1cc(C)c2sc(N(Cc3ccccc3)C(=O)C3CCCN3S(=O)(=O)c3ccc(Cl)s3)nc2c1. The van der Waals surface area contributed by atoms with Gasteiger partial charge in [-0.15, -0.1) is 11.3 Å². The number of fused-ring (bicyclic) bond motifs is 1. The summed E-state index contributed by atoms with van der Waals surface area (Å²) in [6.45, 7) is 4.67. The van der Waals surface area contributed by atoms with Crippen LogP contribution in [0, 0.1) is 13.8 Å². The lowest BCUT2D eigenvalue weighted by Gasteiger charge is -2.28. The molecule has 0 spiro atoms. The van der Waals surface area contributed by atoms with Gasteiger partial charge in [-0.1, -0.05) is 59.3 Å². The third kappa shape index (κ3) is 4.75. The molecule has 0 bridgehead atoms. The number of anilines is 1. The zero-order valence-electron chi connectivity index (χ0n) is 19.3. The number of thiophene rings is 1. The van der Waals surface area contributed by atoms with E-state index in [0.29, 0.717) is 35.4 Å². The summed E-state index contributed by atoms with van der Waals surface area (Å²) < 4.78 is 29.7. The van der Waals surface area contributed by atoms with Gasteiger partial charge in [-0.2, -0.15) is 4.31 Å². The van der Waals surface area contributed by atoms with Crippen molar-refractivity contribution >= 4 is 65.6 Å². The second-order valence-electron chi connectivity index (χ2n) is 8.67. The first-order valence-corrected chi connectivity index (χ1v) is 14.7. The molecular formula is C25H24ClN3O3S3. The quantitative estimate of drug-likeness (QED) is 0.297. The topological polar surface area (TPSA) is 70.6 Å². The van der Waals surface area contributed by atoms with E-state index in [-0.39, 0.29) is 10.1 Å². The van der Waals surface area contributed by atoms with Gasteiger partial charge >= 0.3 is 0 Å². The van der Waals surface area contributed by atoms with E-state index in [2.05, 4.69) is 6.07 Å². The predicted molar refractivity (Wildman–Crippen MR) is 143 cm³/mol. The maximum absolute atomic E-state index is 14.0. The van der Waals surface area contributed by atoms with Crippen LogP contribution in [0.4, 0.5) is 5.13 Å². The molecule has 1 unspecified atom stereocenters. The number of aromatic nitrogens is 1. The molecule has 0 aliphatic carbocycles. The van der Waals surface area contributed by atoms with Crippen LogP contribution in [0.15, 0.2) is 58.8 Å². The van der Waals surface area contributed by atoms with Gasteiger partial charge in [0.1, 0.15) is 10.3 Å². The van der Waals surface area contributed by atoms with E-state index >= 15 is 0 Å². The Morgan fingerprint density at radius 3 is 2.63 bits per heavy atom. The fourth-order valence-corrected chi connectivity index (χ4v) is 8.78. The minimum absolute atomic E-state index is 0.155. The van der Waals surface area contributed by atoms with Gasteiger partial charge in [0, 0.05) is 6.54 Å². The number of rotatable bonds is 6. The highest BCUT2D eigenvalue weighted by Gasteiger charge is 2.42. The van der Waals surface area contributed by atoms with Gasteiger partial charge in [-0.3, -0.25) is 9.69 Å². The van der Waals surface area contributed by atoms with Crippen LogP contribution in [0.3, 0.4) is 0 Å². The highest BCUT2D eigenvalue weighted by Crippen LogP contribution is 2.36. The Balaban J connectivity index is 1.54. The molecule has 1 aliphatic heterocycles. The fraction of sp³-hybridized carbons (Fsp3) is 0.280. The number of amides is 1. The molecule has 0 radical (unpaired) electrons. The smallest absolute Gasteiger partial charge is 0.253 e. The Labute approximate surface area is 217 Å². The summed E-state index contributed by atoms with van der Waals surface area (Å²) in [5, 5.41) is 0.575. The van der Waals surface area contributed by atoms with Crippen molar-refractivity contribution < 1.29 is 13.2 Å². The molecule has 3 heterocycles. The van der Waals surface area contributed by atoms with Crippen molar-refractivity contribution in [2.24, 2.45) is 0 Å². The van der Waals surface area contributed by atoms with Gasteiger partial charge < -0.3 is 0 Å². The summed E-state index contributed by atoms with van der Waals surface area (Å²) in [5.41, 5.74) is 4.01. The van der Waals surface area contributed by atoms with Crippen molar-refractivity contribution in [2.75, 3.05) is 11.4 Å². The molecule has 10 heteroatoms. The summed E-state index contributed by atoms with van der Waals surface area (Å²) in [4.78, 5) is 20.5. The van der Waals surface area contributed by atoms with Gasteiger partial charge in [0.15, 0.2) is 5.13 Å². The van der Waals surface area contributed by atoms with E-state index in [4.69, 9.17) is 16.6 Å². The van der Waals surface area contributed by atoms with Gasteiger partial charge in [0.25, 0.3) is 10.0 Å². The molecular weight excluding hydrogens is 522 g/mol. The van der Waals surface area contributed by atoms with Crippen LogP contribution >= 0.6 is 34.3 Å².